The SMILES string of the molecule is Cc1ccsc1CCC(=O)NC1CCN(c2cnsn2)CC1. The third kappa shape index (κ3) is 3.84. The Morgan fingerprint density at radius 1 is 1.45 bits per heavy atom. The van der Waals surface area contributed by atoms with Crippen LogP contribution in [-0.4, -0.2) is 33.8 Å². The van der Waals surface area contributed by atoms with Gasteiger partial charge in [0, 0.05) is 30.4 Å². The molecule has 2 aromatic rings. The van der Waals surface area contributed by atoms with Crippen LogP contribution in [-0.2, 0) is 11.2 Å². The Hall–Kier alpha value is -1.47. The zero-order chi connectivity index (χ0) is 15.4. The van der Waals surface area contributed by atoms with Crippen molar-refractivity contribution in [2.45, 2.75) is 38.6 Å². The van der Waals surface area contributed by atoms with Crippen molar-refractivity contribution >= 4 is 34.8 Å². The number of hydrogen-bond donors (Lipinski definition) is 1. The van der Waals surface area contributed by atoms with E-state index in [1.165, 1.54) is 22.2 Å². The zero-order valence-electron chi connectivity index (χ0n) is 12.6. The second kappa shape index (κ2) is 7.19. The van der Waals surface area contributed by atoms with Gasteiger partial charge in [0.25, 0.3) is 0 Å². The summed E-state index contributed by atoms with van der Waals surface area (Å²) in [5, 5.41) is 5.26. The minimum absolute atomic E-state index is 0.168. The van der Waals surface area contributed by atoms with Gasteiger partial charge in [-0.3, -0.25) is 4.79 Å². The van der Waals surface area contributed by atoms with Gasteiger partial charge >= 0.3 is 0 Å². The quantitative estimate of drug-likeness (QED) is 0.912. The highest BCUT2D eigenvalue weighted by Crippen LogP contribution is 2.19. The van der Waals surface area contributed by atoms with E-state index in [4.69, 9.17) is 0 Å². The first-order valence-corrected chi connectivity index (χ1v) is 9.18. The van der Waals surface area contributed by atoms with Gasteiger partial charge in [-0.15, -0.1) is 11.3 Å². The van der Waals surface area contributed by atoms with Crippen LogP contribution in [0.2, 0.25) is 0 Å². The lowest BCUT2D eigenvalue weighted by Gasteiger charge is -2.32. The monoisotopic (exact) mass is 336 g/mol. The number of carbonyl (C=O) groups is 1. The first kappa shape index (κ1) is 15.4. The smallest absolute Gasteiger partial charge is 0.220 e. The molecule has 0 bridgehead atoms. The summed E-state index contributed by atoms with van der Waals surface area (Å²) in [6.45, 7) is 3.97. The molecule has 5 nitrogen and oxygen atoms in total. The molecule has 1 aliphatic heterocycles. The van der Waals surface area contributed by atoms with Gasteiger partial charge in [-0.05, 0) is 43.2 Å². The molecule has 0 atom stereocenters. The first-order valence-electron chi connectivity index (χ1n) is 7.57. The second-order valence-corrected chi connectivity index (χ2v) is 7.18. The summed E-state index contributed by atoms with van der Waals surface area (Å²) >= 11 is 2.98. The lowest BCUT2D eigenvalue weighted by Crippen LogP contribution is -2.44. The normalized spacial score (nSPS) is 16.0. The largest absolute Gasteiger partial charge is 0.354 e. The number of anilines is 1. The van der Waals surface area contributed by atoms with Gasteiger partial charge in [0.15, 0.2) is 5.82 Å². The van der Waals surface area contributed by atoms with E-state index in [1.807, 2.05) is 6.20 Å². The number of rotatable bonds is 5. The Morgan fingerprint density at radius 3 is 2.91 bits per heavy atom. The molecular formula is C15H20N4OS2. The molecule has 1 fully saturated rings. The van der Waals surface area contributed by atoms with E-state index >= 15 is 0 Å². The van der Waals surface area contributed by atoms with Gasteiger partial charge in [-0.1, -0.05) is 0 Å². The number of piperidine rings is 1. The molecule has 22 heavy (non-hydrogen) atoms. The van der Waals surface area contributed by atoms with E-state index in [2.05, 4.69) is 37.3 Å². The number of aryl methyl sites for hydroxylation is 2. The molecule has 0 radical (unpaired) electrons. The van der Waals surface area contributed by atoms with Crippen molar-refractivity contribution < 1.29 is 4.79 Å². The Kier molecular flexibility index (Phi) is 5.04. The summed E-state index contributed by atoms with van der Waals surface area (Å²) in [4.78, 5) is 15.6. The number of thiophene rings is 1. The molecule has 1 N–H and O–H groups in total. The van der Waals surface area contributed by atoms with Gasteiger partial charge in [0.2, 0.25) is 5.91 Å². The van der Waals surface area contributed by atoms with E-state index in [0.29, 0.717) is 12.5 Å². The van der Waals surface area contributed by atoms with Crippen LogP contribution in [0, 0.1) is 6.92 Å². The molecule has 2 aromatic heterocycles. The number of nitrogens with one attached hydrogen (secondary N) is 1. The fraction of sp³-hybridized carbons (Fsp3) is 0.533. The predicted octanol–water partition coefficient (Wildman–Crippen LogP) is 2.63. The van der Waals surface area contributed by atoms with Crippen LogP contribution in [0.5, 0.6) is 0 Å². The number of hydrogen-bond acceptors (Lipinski definition) is 6. The summed E-state index contributed by atoms with van der Waals surface area (Å²) in [7, 11) is 0. The molecule has 3 heterocycles. The Labute approximate surface area is 138 Å². The third-order valence-corrected chi connectivity index (χ3v) is 5.63. The van der Waals surface area contributed by atoms with Crippen molar-refractivity contribution in [1.82, 2.24) is 14.1 Å². The van der Waals surface area contributed by atoms with E-state index in [-0.39, 0.29) is 5.91 Å². The van der Waals surface area contributed by atoms with E-state index in [0.717, 1.165) is 38.2 Å². The molecule has 3 rings (SSSR count). The third-order valence-electron chi connectivity index (χ3n) is 4.08. The van der Waals surface area contributed by atoms with Crippen molar-refractivity contribution in [3.63, 3.8) is 0 Å². The Morgan fingerprint density at radius 2 is 2.27 bits per heavy atom. The lowest BCUT2D eigenvalue weighted by atomic mass is 10.0. The van der Waals surface area contributed by atoms with E-state index < -0.39 is 0 Å². The summed E-state index contributed by atoms with van der Waals surface area (Å²) in [6, 6.07) is 2.40. The molecule has 1 amide bonds. The summed E-state index contributed by atoms with van der Waals surface area (Å²) in [6.07, 6.45) is 5.19. The molecule has 0 aliphatic carbocycles. The topological polar surface area (TPSA) is 58.1 Å². The standard InChI is InChI=1S/C15H20N4OS2/c1-11-6-9-21-13(11)2-3-15(20)17-12-4-7-19(8-5-12)14-10-16-22-18-14/h6,9-10,12H,2-5,7-8H2,1H3,(H,17,20). The minimum atomic E-state index is 0.168. The molecule has 0 unspecified atom stereocenters. The maximum atomic E-state index is 12.1. The molecule has 7 heteroatoms. The highest BCUT2D eigenvalue weighted by Gasteiger charge is 2.21. The Bertz CT molecular complexity index is 603. The summed E-state index contributed by atoms with van der Waals surface area (Å²) in [5.74, 6) is 1.13. The fourth-order valence-electron chi connectivity index (χ4n) is 2.74. The van der Waals surface area contributed by atoms with Crippen LogP contribution >= 0.6 is 23.1 Å². The average molecular weight is 336 g/mol. The van der Waals surface area contributed by atoms with Crippen LogP contribution in [0.1, 0.15) is 29.7 Å². The maximum Gasteiger partial charge on any atom is 0.220 e. The highest BCUT2D eigenvalue weighted by molar-refractivity contribution is 7.10. The number of amides is 1. The van der Waals surface area contributed by atoms with Crippen LogP contribution in [0.3, 0.4) is 0 Å². The van der Waals surface area contributed by atoms with Gasteiger partial charge in [0.05, 0.1) is 17.9 Å². The summed E-state index contributed by atoms with van der Waals surface area (Å²) < 4.78 is 8.30. The molecular weight excluding hydrogens is 316 g/mol. The molecule has 0 saturated carbocycles. The van der Waals surface area contributed by atoms with Crippen molar-refractivity contribution in [1.29, 1.82) is 0 Å². The lowest BCUT2D eigenvalue weighted by molar-refractivity contribution is -0.121. The molecule has 1 aliphatic rings. The average Bonchev–Trinajstić information content (AvgIpc) is 3.18. The van der Waals surface area contributed by atoms with Gasteiger partial charge < -0.3 is 10.2 Å². The van der Waals surface area contributed by atoms with Crippen molar-refractivity contribution in [2.24, 2.45) is 0 Å². The van der Waals surface area contributed by atoms with Crippen molar-refractivity contribution in [2.75, 3.05) is 18.0 Å². The maximum absolute atomic E-state index is 12.1. The predicted molar refractivity (Wildman–Crippen MR) is 90.7 cm³/mol. The van der Waals surface area contributed by atoms with Gasteiger partial charge in [-0.25, -0.2) is 0 Å². The zero-order valence-corrected chi connectivity index (χ0v) is 14.3. The summed E-state index contributed by atoms with van der Waals surface area (Å²) in [5.41, 5.74) is 1.29. The fourth-order valence-corrected chi connectivity index (χ4v) is 4.08. The van der Waals surface area contributed by atoms with Gasteiger partial charge in [-0.2, -0.15) is 8.75 Å². The molecule has 0 spiro atoms. The number of aromatic nitrogens is 2. The van der Waals surface area contributed by atoms with E-state index in [9.17, 15) is 4.79 Å². The van der Waals surface area contributed by atoms with Crippen molar-refractivity contribution in [3.05, 3.63) is 28.1 Å². The van der Waals surface area contributed by atoms with Crippen LogP contribution < -0.4 is 10.2 Å². The van der Waals surface area contributed by atoms with Gasteiger partial charge in [0.1, 0.15) is 0 Å². The minimum Gasteiger partial charge on any atom is -0.354 e. The van der Waals surface area contributed by atoms with Crippen LogP contribution in [0.15, 0.2) is 17.6 Å². The number of carbonyl (C=O) groups excluding carboxylic acids is 1. The van der Waals surface area contributed by atoms with E-state index in [1.54, 1.807) is 11.3 Å². The first-order chi connectivity index (χ1) is 10.7. The van der Waals surface area contributed by atoms with Crippen LogP contribution in [0.4, 0.5) is 5.82 Å². The van der Waals surface area contributed by atoms with Crippen molar-refractivity contribution in [3.8, 4) is 0 Å². The van der Waals surface area contributed by atoms with Crippen LogP contribution in [0.25, 0.3) is 0 Å². The molecule has 0 aromatic carbocycles. The second-order valence-electron chi connectivity index (χ2n) is 5.62. The molecule has 1 saturated heterocycles. The molecule has 118 valence electrons. The Balaban J connectivity index is 1.41. The highest BCUT2D eigenvalue weighted by atomic mass is 32.1. The number of nitrogens with zero attached hydrogens (tertiary/aromatic N) is 3.